The predicted molar refractivity (Wildman–Crippen MR) is 63.4 cm³/mol. The predicted octanol–water partition coefficient (Wildman–Crippen LogP) is 0.504. The minimum absolute atomic E-state index is 0.00727. The highest BCUT2D eigenvalue weighted by Crippen LogP contribution is 2.24. The molecule has 0 N–H and O–H groups in total. The number of amides is 1. The van der Waals surface area contributed by atoms with Gasteiger partial charge in [-0.05, 0) is 5.92 Å². The Morgan fingerprint density at radius 1 is 1.59 bits per heavy atom. The van der Waals surface area contributed by atoms with Crippen LogP contribution >= 0.6 is 11.8 Å². The van der Waals surface area contributed by atoms with E-state index in [-0.39, 0.29) is 16.9 Å². The van der Waals surface area contributed by atoms with Crippen molar-refractivity contribution in [3.63, 3.8) is 0 Å². The summed E-state index contributed by atoms with van der Waals surface area (Å²) in [5.41, 5.74) is 0. The van der Waals surface area contributed by atoms with Gasteiger partial charge in [-0.2, -0.15) is 5.10 Å². The topological polar surface area (TPSA) is 76.1 Å². The zero-order valence-electron chi connectivity index (χ0n) is 9.37. The molecular weight excluding hydrogens is 240 g/mol. The molecule has 0 saturated carbocycles. The summed E-state index contributed by atoms with van der Waals surface area (Å²) in [6, 6.07) is 0. The summed E-state index contributed by atoms with van der Waals surface area (Å²) in [5, 5.41) is 7.59. The zero-order chi connectivity index (χ0) is 12.3. The summed E-state index contributed by atoms with van der Waals surface area (Å²) in [6.07, 6.45) is 3.42. The highest BCUT2D eigenvalue weighted by atomic mass is 32.2. The van der Waals surface area contributed by atoms with Crippen LogP contribution in [-0.2, 0) is 9.59 Å². The number of hydrogen-bond acceptors (Lipinski definition) is 6. The van der Waals surface area contributed by atoms with Crippen LogP contribution in [0.4, 0.5) is 5.95 Å². The molecule has 17 heavy (non-hydrogen) atoms. The second-order valence-corrected chi connectivity index (χ2v) is 5.02. The third kappa shape index (κ3) is 3.00. The van der Waals surface area contributed by atoms with Gasteiger partial charge in [0, 0.05) is 25.6 Å². The van der Waals surface area contributed by atoms with E-state index in [1.54, 1.807) is 0 Å². The van der Waals surface area contributed by atoms with Crippen molar-refractivity contribution in [3.8, 4) is 0 Å². The van der Waals surface area contributed by atoms with Crippen molar-refractivity contribution >= 4 is 28.7 Å². The monoisotopic (exact) mass is 252 g/mol. The van der Waals surface area contributed by atoms with Crippen LogP contribution in [0.2, 0.25) is 0 Å². The van der Waals surface area contributed by atoms with Gasteiger partial charge in [0.05, 0.1) is 12.4 Å². The fourth-order valence-corrected chi connectivity index (χ4v) is 2.38. The van der Waals surface area contributed by atoms with Gasteiger partial charge in [0.25, 0.3) is 5.95 Å². The van der Waals surface area contributed by atoms with Gasteiger partial charge in [-0.1, -0.05) is 11.8 Å². The van der Waals surface area contributed by atoms with Gasteiger partial charge in [0.1, 0.15) is 0 Å². The molecular formula is C10H12N4O2S. The first-order valence-corrected chi connectivity index (χ1v) is 6.23. The molecule has 6 nitrogen and oxygen atoms in total. The molecule has 1 saturated heterocycles. The van der Waals surface area contributed by atoms with Crippen molar-refractivity contribution in [2.45, 2.75) is 13.3 Å². The first-order chi connectivity index (χ1) is 8.16. The maximum atomic E-state index is 11.8. The number of rotatable bonds is 3. The van der Waals surface area contributed by atoms with Gasteiger partial charge >= 0.3 is 0 Å². The van der Waals surface area contributed by atoms with Gasteiger partial charge < -0.3 is 0 Å². The van der Waals surface area contributed by atoms with Crippen LogP contribution in [-0.4, -0.2) is 38.5 Å². The lowest BCUT2D eigenvalue weighted by molar-refractivity contribution is -0.117. The fourth-order valence-electron chi connectivity index (χ4n) is 1.69. The minimum atomic E-state index is -0.00727. The van der Waals surface area contributed by atoms with Crippen molar-refractivity contribution in [1.82, 2.24) is 15.2 Å². The third-order valence-corrected chi connectivity index (χ3v) is 3.48. The quantitative estimate of drug-likeness (QED) is 0.780. The number of anilines is 1. The lowest BCUT2D eigenvalue weighted by Gasteiger charge is -2.12. The van der Waals surface area contributed by atoms with E-state index in [4.69, 9.17) is 0 Å². The van der Waals surface area contributed by atoms with E-state index in [9.17, 15) is 9.59 Å². The minimum Gasteiger partial charge on any atom is -0.288 e. The molecule has 0 bridgehead atoms. The van der Waals surface area contributed by atoms with E-state index in [0.29, 0.717) is 24.7 Å². The summed E-state index contributed by atoms with van der Waals surface area (Å²) < 4.78 is 0. The molecule has 7 heteroatoms. The van der Waals surface area contributed by atoms with Gasteiger partial charge in [-0.25, -0.2) is 4.98 Å². The zero-order valence-corrected chi connectivity index (χ0v) is 10.2. The smallest absolute Gasteiger partial charge is 0.251 e. The first kappa shape index (κ1) is 12.0. The Labute approximate surface area is 103 Å². The van der Waals surface area contributed by atoms with Crippen LogP contribution in [0.1, 0.15) is 13.3 Å². The summed E-state index contributed by atoms with van der Waals surface area (Å²) in [5.74, 6) is 1.18. The largest absolute Gasteiger partial charge is 0.288 e. The Balaban J connectivity index is 1.98. The van der Waals surface area contributed by atoms with Crippen molar-refractivity contribution in [2.75, 3.05) is 17.2 Å². The van der Waals surface area contributed by atoms with Crippen molar-refractivity contribution < 1.29 is 9.59 Å². The number of aromatic nitrogens is 3. The molecule has 0 aromatic carbocycles. The van der Waals surface area contributed by atoms with Crippen molar-refractivity contribution in [3.05, 3.63) is 12.4 Å². The molecule has 1 aromatic heterocycles. The SMILES string of the molecule is CC(=O)SCC1CC(=O)N(c2nccnn2)C1. The Morgan fingerprint density at radius 3 is 3.06 bits per heavy atom. The Bertz CT molecular complexity index is 426. The standard InChI is InChI=1S/C10H12N4O2S/c1-7(15)17-6-8-4-9(16)14(5-8)10-11-2-3-12-13-10/h2-3,8H,4-6H2,1H3. The van der Waals surface area contributed by atoms with Gasteiger partial charge in [-0.3, -0.25) is 14.5 Å². The summed E-state index contributed by atoms with van der Waals surface area (Å²) in [4.78, 5) is 28.1. The van der Waals surface area contributed by atoms with Crippen LogP contribution in [0, 0.1) is 5.92 Å². The molecule has 0 spiro atoms. The average molecular weight is 252 g/mol. The van der Waals surface area contributed by atoms with E-state index < -0.39 is 0 Å². The molecule has 1 aliphatic heterocycles. The molecule has 90 valence electrons. The van der Waals surface area contributed by atoms with Crippen LogP contribution in [0.15, 0.2) is 12.4 Å². The average Bonchev–Trinajstić information content (AvgIpc) is 2.69. The number of hydrogen-bond donors (Lipinski definition) is 0. The van der Waals surface area contributed by atoms with E-state index >= 15 is 0 Å². The van der Waals surface area contributed by atoms with Crippen LogP contribution in [0.5, 0.6) is 0 Å². The van der Waals surface area contributed by atoms with Crippen molar-refractivity contribution in [2.24, 2.45) is 5.92 Å². The molecule has 0 aliphatic carbocycles. The molecule has 1 unspecified atom stereocenters. The van der Waals surface area contributed by atoms with Crippen LogP contribution < -0.4 is 4.90 Å². The number of carbonyl (C=O) groups excluding carboxylic acids is 2. The molecule has 2 heterocycles. The Kier molecular flexibility index (Phi) is 3.68. The molecule has 1 amide bonds. The fraction of sp³-hybridized carbons (Fsp3) is 0.500. The van der Waals surface area contributed by atoms with Crippen LogP contribution in [0.3, 0.4) is 0 Å². The number of thioether (sulfide) groups is 1. The highest BCUT2D eigenvalue weighted by molar-refractivity contribution is 8.13. The van der Waals surface area contributed by atoms with Crippen LogP contribution in [0.25, 0.3) is 0 Å². The van der Waals surface area contributed by atoms with E-state index in [0.717, 1.165) is 0 Å². The normalized spacial score (nSPS) is 19.7. The summed E-state index contributed by atoms with van der Waals surface area (Å²) >= 11 is 1.25. The molecule has 1 fully saturated rings. The second-order valence-electron chi connectivity index (χ2n) is 3.82. The Morgan fingerprint density at radius 2 is 2.41 bits per heavy atom. The van der Waals surface area contributed by atoms with Crippen molar-refractivity contribution in [1.29, 1.82) is 0 Å². The Hall–Kier alpha value is -1.50. The summed E-state index contributed by atoms with van der Waals surface area (Å²) in [7, 11) is 0. The maximum absolute atomic E-state index is 11.8. The molecule has 2 rings (SSSR count). The van der Waals surface area contributed by atoms with E-state index in [1.165, 1.54) is 36.0 Å². The molecule has 1 aromatic rings. The second kappa shape index (κ2) is 5.22. The lowest BCUT2D eigenvalue weighted by atomic mass is 10.1. The first-order valence-electron chi connectivity index (χ1n) is 5.24. The molecule has 1 atom stereocenters. The molecule has 1 aliphatic rings. The number of nitrogens with zero attached hydrogens (tertiary/aromatic N) is 4. The maximum Gasteiger partial charge on any atom is 0.251 e. The van der Waals surface area contributed by atoms with E-state index in [1.807, 2.05) is 0 Å². The lowest BCUT2D eigenvalue weighted by Crippen LogP contribution is -2.27. The summed E-state index contributed by atoms with van der Waals surface area (Å²) in [6.45, 7) is 2.09. The van der Waals surface area contributed by atoms with Gasteiger partial charge in [0.2, 0.25) is 5.91 Å². The third-order valence-electron chi connectivity index (χ3n) is 2.44. The number of carbonyl (C=O) groups is 2. The molecule has 0 radical (unpaired) electrons. The van der Waals surface area contributed by atoms with Gasteiger partial charge in [0.15, 0.2) is 5.12 Å². The highest BCUT2D eigenvalue weighted by Gasteiger charge is 2.32. The van der Waals surface area contributed by atoms with E-state index in [2.05, 4.69) is 15.2 Å². The van der Waals surface area contributed by atoms with Gasteiger partial charge in [-0.15, -0.1) is 5.10 Å².